The van der Waals surface area contributed by atoms with E-state index >= 15 is 0 Å². The largest absolute Gasteiger partial charge is 0.461 e. The highest BCUT2D eigenvalue weighted by molar-refractivity contribution is 5.96. The van der Waals surface area contributed by atoms with Gasteiger partial charge in [-0.3, -0.25) is 4.79 Å². The number of esters is 1. The van der Waals surface area contributed by atoms with Crippen molar-refractivity contribution >= 4 is 18.0 Å². The Bertz CT molecular complexity index is 991. The summed E-state index contributed by atoms with van der Waals surface area (Å²) in [5.41, 5.74) is 1.66. The Kier molecular flexibility index (Phi) is 10.1. The fourth-order valence-corrected chi connectivity index (χ4v) is 3.42. The van der Waals surface area contributed by atoms with Crippen LogP contribution in [0.2, 0.25) is 0 Å². The van der Waals surface area contributed by atoms with Gasteiger partial charge in [-0.25, -0.2) is 9.59 Å². The summed E-state index contributed by atoms with van der Waals surface area (Å²) < 4.78 is 15.8. The summed E-state index contributed by atoms with van der Waals surface area (Å²) in [4.78, 5) is 40.2. The first-order valence-electron chi connectivity index (χ1n) is 11.6. The molecule has 0 saturated carbocycles. The highest BCUT2D eigenvalue weighted by Gasteiger charge is 2.26. The standard InChI is InChI=1S/C26H31N3O6/c1-2-34-25(31)23(18-29-13-15-33-16-14-29)27-24(30)22(17-20-9-5-3-6-10-20)28-26(32)35-19-21-11-7-4-8-12-21/h3-12,18,22H,2,13-17,19H2,1H3,(H,27,30)(H,28,32)/t22-/m0/s1. The van der Waals surface area contributed by atoms with Gasteiger partial charge >= 0.3 is 12.1 Å². The number of rotatable bonds is 10. The molecule has 9 nitrogen and oxygen atoms in total. The molecule has 0 aliphatic carbocycles. The molecule has 0 spiro atoms. The van der Waals surface area contributed by atoms with Crippen molar-refractivity contribution in [1.82, 2.24) is 15.5 Å². The van der Waals surface area contributed by atoms with E-state index in [1.54, 1.807) is 13.1 Å². The SMILES string of the molecule is CCOC(=O)C(=CN1CCOCC1)NC(=O)[C@H](Cc1ccccc1)NC(=O)OCc1ccccc1. The molecule has 35 heavy (non-hydrogen) atoms. The maximum atomic E-state index is 13.2. The summed E-state index contributed by atoms with van der Waals surface area (Å²) in [7, 11) is 0. The number of nitrogens with zero attached hydrogens (tertiary/aromatic N) is 1. The smallest absolute Gasteiger partial charge is 0.408 e. The van der Waals surface area contributed by atoms with Crippen LogP contribution in [0.4, 0.5) is 4.79 Å². The summed E-state index contributed by atoms with van der Waals surface area (Å²) in [5, 5.41) is 5.27. The third-order valence-corrected chi connectivity index (χ3v) is 5.21. The Labute approximate surface area is 205 Å². The van der Waals surface area contributed by atoms with Crippen molar-refractivity contribution in [2.75, 3.05) is 32.9 Å². The Morgan fingerprint density at radius 2 is 1.60 bits per heavy atom. The molecule has 186 valence electrons. The lowest BCUT2D eigenvalue weighted by Crippen LogP contribution is -2.49. The third kappa shape index (κ3) is 8.78. The quantitative estimate of drug-likeness (QED) is 0.396. The Morgan fingerprint density at radius 3 is 2.23 bits per heavy atom. The predicted molar refractivity (Wildman–Crippen MR) is 129 cm³/mol. The second kappa shape index (κ2) is 13.8. The minimum atomic E-state index is -0.983. The van der Waals surface area contributed by atoms with Crippen molar-refractivity contribution in [3.63, 3.8) is 0 Å². The van der Waals surface area contributed by atoms with Gasteiger partial charge in [0.05, 0.1) is 19.8 Å². The maximum Gasteiger partial charge on any atom is 0.408 e. The van der Waals surface area contributed by atoms with Gasteiger partial charge in [0.2, 0.25) is 5.91 Å². The number of carbonyl (C=O) groups excluding carboxylic acids is 3. The van der Waals surface area contributed by atoms with E-state index in [0.29, 0.717) is 26.3 Å². The van der Waals surface area contributed by atoms with Gasteiger partial charge in [0, 0.05) is 25.7 Å². The molecular formula is C26H31N3O6. The number of amides is 2. The van der Waals surface area contributed by atoms with E-state index in [0.717, 1.165) is 11.1 Å². The molecule has 2 aromatic rings. The molecule has 1 saturated heterocycles. The van der Waals surface area contributed by atoms with Crippen LogP contribution in [0.3, 0.4) is 0 Å². The highest BCUT2D eigenvalue weighted by atomic mass is 16.5. The number of hydrogen-bond donors (Lipinski definition) is 2. The van der Waals surface area contributed by atoms with Crippen LogP contribution in [0.15, 0.2) is 72.6 Å². The number of benzene rings is 2. The third-order valence-electron chi connectivity index (χ3n) is 5.21. The minimum Gasteiger partial charge on any atom is -0.461 e. The molecule has 2 amide bonds. The van der Waals surface area contributed by atoms with Crippen molar-refractivity contribution in [1.29, 1.82) is 0 Å². The van der Waals surface area contributed by atoms with Crippen LogP contribution in [-0.2, 0) is 36.8 Å². The molecule has 2 N–H and O–H groups in total. The average molecular weight is 482 g/mol. The summed E-state index contributed by atoms with van der Waals surface area (Å²) in [6.45, 7) is 4.11. The molecular weight excluding hydrogens is 450 g/mol. The Morgan fingerprint density at radius 1 is 0.971 bits per heavy atom. The van der Waals surface area contributed by atoms with E-state index < -0.39 is 24.0 Å². The Balaban J connectivity index is 1.72. The average Bonchev–Trinajstić information content (AvgIpc) is 2.88. The number of nitrogens with one attached hydrogen (secondary N) is 2. The summed E-state index contributed by atoms with van der Waals surface area (Å²) in [6, 6.07) is 17.5. The van der Waals surface area contributed by atoms with Gasteiger partial charge in [-0.15, -0.1) is 0 Å². The number of hydrogen-bond acceptors (Lipinski definition) is 7. The van der Waals surface area contributed by atoms with E-state index in [9.17, 15) is 14.4 Å². The molecule has 3 rings (SSSR count). The topological polar surface area (TPSA) is 106 Å². The van der Waals surface area contributed by atoms with E-state index in [1.807, 2.05) is 65.6 Å². The van der Waals surface area contributed by atoms with Gasteiger partial charge in [-0.2, -0.15) is 0 Å². The van der Waals surface area contributed by atoms with Crippen molar-refractivity contribution in [3.8, 4) is 0 Å². The summed E-state index contributed by atoms with van der Waals surface area (Å²) >= 11 is 0. The van der Waals surface area contributed by atoms with E-state index in [1.165, 1.54) is 0 Å². The van der Waals surface area contributed by atoms with Crippen molar-refractivity contribution < 1.29 is 28.6 Å². The zero-order valence-corrected chi connectivity index (χ0v) is 19.8. The first-order valence-corrected chi connectivity index (χ1v) is 11.6. The number of alkyl carbamates (subject to hydrolysis) is 1. The molecule has 0 radical (unpaired) electrons. The lowest BCUT2D eigenvalue weighted by molar-refractivity contribution is -0.140. The lowest BCUT2D eigenvalue weighted by Gasteiger charge is -2.26. The highest BCUT2D eigenvalue weighted by Crippen LogP contribution is 2.08. The molecule has 1 fully saturated rings. The van der Waals surface area contributed by atoms with Crippen LogP contribution in [0, 0.1) is 0 Å². The van der Waals surface area contributed by atoms with Crippen LogP contribution in [0.1, 0.15) is 18.1 Å². The van der Waals surface area contributed by atoms with E-state index in [-0.39, 0.29) is 25.3 Å². The van der Waals surface area contributed by atoms with E-state index in [4.69, 9.17) is 14.2 Å². The molecule has 0 unspecified atom stereocenters. The van der Waals surface area contributed by atoms with Gasteiger partial charge in [0.15, 0.2) is 0 Å². The minimum absolute atomic E-state index is 0.00346. The van der Waals surface area contributed by atoms with Crippen LogP contribution >= 0.6 is 0 Å². The Hall–Kier alpha value is -3.85. The van der Waals surface area contributed by atoms with Gasteiger partial charge < -0.3 is 29.7 Å². The second-order valence-electron chi connectivity index (χ2n) is 7.85. The van der Waals surface area contributed by atoms with Crippen molar-refractivity contribution in [2.45, 2.75) is 26.0 Å². The van der Waals surface area contributed by atoms with Gasteiger partial charge in [0.25, 0.3) is 0 Å². The van der Waals surface area contributed by atoms with Crippen molar-refractivity contribution in [3.05, 3.63) is 83.7 Å². The molecule has 1 aliphatic heterocycles. The first-order chi connectivity index (χ1) is 17.0. The van der Waals surface area contributed by atoms with Crippen LogP contribution in [-0.4, -0.2) is 61.8 Å². The summed E-state index contributed by atoms with van der Waals surface area (Å²) in [6.07, 6.45) is 1.03. The molecule has 0 aromatic heterocycles. The normalized spacial score (nSPS) is 14.5. The maximum absolute atomic E-state index is 13.2. The van der Waals surface area contributed by atoms with Gasteiger partial charge in [0.1, 0.15) is 18.3 Å². The molecule has 0 bridgehead atoms. The summed E-state index contributed by atoms with van der Waals surface area (Å²) in [5.74, 6) is -1.21. The van der Waals surface area contributed by atoms with E-state index in [2.05, 4.69) is 10.6 Å². The lowest BCUT2D eigenvalue weighted by atomic mass is 10.1. The molecule has 1 heterocycles. The molecule has 1 atom stereocenters. The zero-order chi connectivity index (χ0) is 24.9. The van der Waals surface area contributed by atoms with Crippen LogP contribution in [0.25, 0.3) is 0 Å². The predicted octanol–water partition coefficient (Wildman–Crippen LogP) is 2.38. The second-order valence-corrected chi connectivity index (χ2v) is 7.85. The van der Waals surface area contributed by atoms with Crippen LogP contribution < -0.4 is 10.6 Å². The van der Waals surface area contributed by atoms with Crippen molar-refractivity contribution in [2.24, 2.45) is 0 Å². The first kappa shape index (κ1) is 25.8. The monoisotopic (exact) mass is 481 g/mol. The number of morpholine rings is 1. The molecule has 2 aromatic carbocycles. The molecule has 9 heteroatoms. The zero-order valence-electron chi connectivity index (χ0n) is 19.8. The number of ether oxygens (including phenoxy) is 3. The molecule has 1 aliphatic rings. The van der Waals surface area contributed by atoms with Crippen LogP contribution in [0.5, 0.6) is 0 Å². The fraction of sp³-hybridized carbons (Fsp3) is 0.346. The van der Waals surface area contributed by atoms with Gasteiger partial charge in [-0.1, -0.05) is 60.7 Å². The fourth-order valence-electron chi connectivity index (χ4n) is 3.42. The van der Waals surface area contributed by atoms with Gasteiger partial charge in [-0.05, 0) is 18.1 Å². The number of carbonyl (C=O) groups is 3.